The van der Waals surface area contributed by atoms with Crippen molar-refractivity contribution in [3.8, 4) is 0 Å². The van der Waals surface area contributed by atoms with Crippen molar-refractivity contribution in [1.29, 1.82) is 0 Å². The topological polar surface area (TPSA) is 40.1 Å². The fourth-order valence-electron chi connectivity index (χ4n) is 0. The van der Waals surface area contributed by atoms with E-state index < -0.39 is 5.97 Å². The van der Waals surface area contributed by atoms with Crippen LogP contribution in [0.4, 0.5) is 0 Å². The van der Waals surface area contributed by atoms with Gasteiger partial charge in [-0.15, -0.1) is 0 Å². The summed E-state index contributed by atoms with van der Waals surface area (Å²) in [6, 6.07) is 0. The van der Waals surface area contributed by atoms with Crippen molar-refractivity contribution in [3.63, 3.8) is 0 Å². The standard InChI is InChI=1S/C2H6As.C2H4O2/c1-3-2;1-2(3)4/h1-2H3;1H3,(H,3,4)/q+1;/p-1. The van der Waals surface area contributed by atoms with E-state index in [1.165, 1.54) is 0 Å². The van der Waals surface area contributed by atoms with E-state index >= 15 is 0 Å². The molecule has 0 unspecified atom stereocenters. The Labute approximate surface area is 50.6 Å². The van der Waals surface area contributed by atoms with Gasteiger partial charge in [0, 0.05) is 5.97 Å². The first-order valence-corrected chi connectivity index (χ1v) is 5.56. The minimum atomic E-state index is -1.08. The Morgan fingerprint density at radius 2 is 1.57 bits per heavy atom. The molecule has 0 amide bonds. The maximum atomic E-state index is 8.89. The third-order valence-electron chi connectivity index (χ3n) is 0. The van der Waals surface area contributed by atoms with Crippen molar-refractivity contribution in [3.05, 3.63) is 0 Å². The van der Waals surface area contributed by atoms with Gasteiger partial charge in [-0.3, -0.25) is 0 Å². The first kappa shape index (κ1) is 10.1. The molecule has 0 N–H and O–H groups in total. The summed E-state index contributed by atoms with van der Waals surface area (Å²) >= 11 is 0.688. The third-order valence-corrected chi connectivity index (χ3v) is 0. The molecule has 0 bridgehead atoms. The van der Waals surface area contributed by atoms with Crippen LogP contribution in [0.25, 0.3) is 0 Å². The fraction of sp³-hybridized carbons (Fsp3) is 0.750. The van der Waals surface area contributed by atoms with Crippen LogP contribution in [0.3, 0.4) is 0 Å². The van der Waals surface area contributed by atoms with Crippen LogP contribution in [0.1, 0.15) is 6.92 Å². The van der Waals surface area contributed by atoms with Gasteiger partial charge >= 0.3 is 27.2 Å². The van der Waals surface area contributed by atoms with Gasteiger partial charge in [0.15, 0.2) is 0 Å². The quantitative estimate of drug-likeness (QED) is 0.454. The molecule has 0 saturated heterocycles. The zero-order valence-corrected chi connectivity index (χ0v) is 6.64. The van der Waals surface area contributed by atoms with E-state index in [4.69, 9.17) is 9.90 Å². The van der Waals surface area contributed by atoms with E-state index in [0.717, 1.165) is 6.92 Å². The first-order chi connectivity index (χ1) is 3.15. The normalized spacial score (nSPS) is 6.14. The number of hydrogen-bond acceptors (Lipinski definition) is 2. The van der Waals surface area contributed by atoms with E-state index in [2.05, 4.69) is 11.4 Å². The molecule has 0 rings (SSSR count). The number of hydrogen-bond donors (Lipinski definition) is 0. The summed E-state index contributed by atoms with van der Waals surface area (Å²) < 4.78 is 0. The summed E-state index contributed by atoms with van der Waals surface area (Å²) in [5.74, 6) is -1.08. The van der Waals surface area contributed by atoms with Gasteiger partial charge in [0.25, 0.3) is 0 Å². The monoisotopic (exact) mass is 164 g/mol. The molecule has 0 fully saturated rings. The number of carboxylic acid groups (broad SMARTS) is 1. The number of carbonyl (C=O) groups is 1. The van der Waals surface area contributed by atoms with Crippen molar-refractivity contribution < 1.29 is 9.90 Å². The van der Waals surface area contributed by atoms with Gasteiger partial charge in [-0.05, 0) is 6.92 Å². The molecule has 0 aliphatic rings. The van der Waals surface area contributed by atoms with E-state index in [1.807, 2.05) is 0 Å². The average molecular weight is 164 g/mol. The van der Waals surface area contributed by atoms with Crippen LogP contribution >= 0.6 is 0 Å². The molecule has 0 aromatic carbocycles. The Hall–Kier alpha value is 0.0284. The Bertz CT molecular complexity index is 41.0. The zero-order chi connectivity index (χ0) is 6.28. The molecular weight excluding hydrogens is 155 g/mol. The van der Waals surface area contributed by atoms with Crippen LogP contribution in [-0.2, 0) is 4.79 Å². The van der Waals surface area contributed by atoms with Crippen molar-refractivity contribution in [1.82, 2.24) is 0 Å². The number of carbonyl (C=O) groups excluding carboxylic acids is 1. The summed E-state index contributed by atoms with van der Waals surface area (Å²) in [7, 11) is 0. The molecule has 0 aliphatic heterocycles. The van der Waals surface area contributed by atoms with Crippen LogP contribution in [0.15, 0.2) is 0 Å². The van der Waals surface area contributed by atoms with Gasteiger partial charge in [0.1, 0.15) is 0 Å². The predicted molar refractivity (Wildman–Crippen MR) is 28.2 cm³/mol. The molecule has 0 aromatic rings. The van der Waals surface area contributed by atoms with Gasteiger partial charge in [-0.2, -0.15) is 0 Å². The Morgan fingerprint density at radius 3 is 1.57 bits per heavy atom. The summed E-state index contributed by atoms with van der Waals surface area (Å²) in [5.41, 5.74) is 4.44. The van der Waals surface area contributed by atoms with Crippen LogP contribution < -0.4 is 5.11 Å². The maximum absolute atomic E-state index is 8.89. The van der Waals surface area contributed by atoms with Crippen LogP contribution in [0.5, 0.6) is 0 Å². The molecule has 0 spiro atoms. The molecule has 0 saturated carbocycles. The molecule has 0 aromatic heterocycles. The Kier molecular flexibility index (Phi) is 13.6. The zero-order valence-electron chi connectivity index (χ0n) is 4.76. The summed E-state index contributed by atoms with van der Waals surface area (Å²) in [6.07, 6.45) is 0. The van der Waals surface area contributed by atoms with Crippen LogP contribution in [-0.4, -0.2) is 21.7 Å². The second-order valence-corrected chi connectivity index (χ2v) is 2.82. The molecule has 0 heterocycles. The first-order valence-electron chi connectivity index (χ1n) is 1.80. The molecule has 0 aliphatic carbocycles. The van der Waals surface area contributed by atoms with Crippen molar-refractivity contribution >= 4 is 21.7 Å². The van der Waals surface area contributed by atoms with E-state index in [0.29, 0.717) is 15.8 Å². The Balaban J connectivity index is 0. The Morgan fingerprint density at radius 1 is 1.57 bits per heavy atom. The summed E-state index contributed by atoms with van der Waals surface area (Å²) in [4.78, 5) is 8.89. The number of carboxylic acids is 1. The van der Waals surface area contributed by atoms with Crippen molar-refractivity contribution in [2.45, 2.75) is 18.3 Å². The summed E-state index contributed by atoms with van der Waals surface area (Å²) in [6.45, 7) is 0.972. The van der Waals surface area contributed by atoms with E-state index in [-0.39, 0.29) is 0 Å². The molecule has 42 valence electrons. The molecule has 2 nitrogen and oxygen atoms in total. The SMILES string of the molecule is CC(=O)[O-].C[As+]C. The second kappa shape index (κ2) is 9.39. The van der Waals surface area contributed by atoms with Crippen molar-refractivity contribution in [2.75, 3.05) is 0 Å². The number of rotatable bonds is 0. The van der Waals surface area contributed by atoms with Gasteiger partial charge in [0.05, 0.1) is 0 Å². The average Bonchev–Trinajstić information content (AvgIpc) is 1.33. The van der Waals surface area contributed by atoms with Gasteiger partial charge in [-0.1, -0.05) is 0 Å². The predicted octanol–water partition coefficient (Wildman–Crippen LogP) is -0.457. The van der Waals surface area contributed by atoms with Crippen LogP contribution in [0.2, 0.25) is 11.4 Å². The van der Waals surface area contributed by atoms with Gasteiger partial charge in [-0.25, -0.2) is 0 Å². The minimum absolute atomic E-state index is 0.688. The molecule has 0 atom stereocenters. The molecular formula is C4H9AsO2. The molecule has 2 radical (unpaired) electrons. The number of aliphatic carboxylic acids is 1. The van der Waals surface area contributed by atoms with Crippen molar-refractivity contribution in [2.24, 2.45) is 0 Å². The van der Waals surface area contributed by atoms with E-state index in [1.54, 1.807) is 0 Å². The molecule has 7 heavy (non-hydrogen) atoms. The van der Waals surface area contributed by atoms with Gasteiger partial charge < -0.3 is 9.90 Å². The fourth-order valence-corrected chi connectivity index (χ4v) is 0. The van der Waals surface area contributed by atoms with E-state index in [9.17, 15) is 0 Å². The molecule has 3 heteroatoms. The van der Waals surface area contributed by atoms with Gasteiger partial charge in [0.2, 0.25) is 0 Å². The van der Waals surface area contributed by atoms with Crippen LogP contribution in [0, 0.1) is 0 Å². The second-order valence-electron chi connectivity index (χ2n) is 0.939. The summed E-state index contributed by atoms with van der Waals surface area (Å²) in [5, 5.41) is 8.89. The third kappa shape index (κ3) is 121000.